The van der Waals surface area contributed by atoms with Crippen LogP contribution in [0.25, 0.3) is 44.5 Å². The molecule has 2 nitrogen and oxygen atoms in total. The number of carbonyl (C=O) groups excluding carboxylic acids is 2. The van der Waals surface area contributed by atoms with E-state index in [1.54, 1.807) is 0 Å². The van der Waals surface area contributed by atoms with Gasteiger partial charge in [-0.1, -0.05) is 158 Å². The maximum Gasteiger partial charge on any atom is 0.234 e. The lowest BCUT2D eigenvalue weighted by molar-refractivity contribution is 0.0818. The lowest BCUT2D eigenvalue weighted by Crippen LogP contribution is -2.19. The van der Waals surface area contributed by atoms with Crippen molar-refractivity contribution in [3.8, 4) is 44.5 Å². The molecule has 0 aliphatic rings. The number of hydrogen-bond donors (Lipinski definition) is 0. The Hall–Kier alpha value is -5.34. The van der Waals surface area contributed by atoms with Gasteiger partial charge in [0.2, 0.25) is 11.6 Å². The zero-order valence-corrected chi connectivity index (χ0v) is 21.8. The van der Waals surface area contributed by atoms with E-state index in [0.717, 1.165) is 44.5 Å². The standard InChI is InChI=1S/C38H26O2/c39-37(35-31(27-15-5-1-6-16-27)23-13-24-32(35)28-17-7-2-8-18-28)38(40)36-33(29-19-9-3-10-20-29)25-14-26-34(36)30-21-11-4-12-22-30/h1-26H. The third kappa shape index (κ3) is 4.79. The lowest BCUT2D eigenvalue weighted by atomic mass is 9.83. The van der Waals surface area contributed by atoms with E-state index in [9.17, 15) is 9.59 Å². The van der Waals surface area contributed by atoms with Gasteiger partial charge in [0.15, 0.2) is 0 Å². The Labute approximate surface area is 234 Å². The lowest BCUT2D eigenvalue weighted by Gasteiger charge is -2.18. The summed E-state index contributed by atoms with van der Waals surface area (Å²) >= 11 is 0. The first-order valence-corrected chi connectivity index (χ1v) is 13.3. The fourth-order valence-electron chi connectivity index (χ4n) is 5.25. The van der Waals surface area contributed by atoms with Gasteiger partial charge in [0, 0.05) is 11.1 Å². The van der Waals surface area contributed by atoms with Gasteiger partial charge in [0.1, 0.15) is 0 Å². The summed E-state index contributed by atoms with van der Waals surface area (Å²) in [5, 5.41) is 0. The highest BCUT2D eigenvalue weighted by atomic mass is 16.2. The summed E-state index contributed by atoms with van der Waals surface area (Å²) in [5.41, 5.74) is 7.30. The maximum absolute atomic E-state index is 14.6. The largest absolute Gasteiger partial charge is 0.285 e. The average Bonchev–Trinajstić information content (AvgIpc) is 3.05. The molecule has 0 aliphatic heterocycles. The van der Waals surface area contributed by atoms with Gasteiger partial charge < -0.3 is 0 Å². The van der Waals surface area contributed by atoms with Crippen molar-refractivity contribution in [2.24, 2.45) is 0 Å². The highest BCUT2D eigenvalue weighted by Gasteiger charge is 2.29. The zero-order valence-electron chi connectivity index (χ0n) is 21.8. The average molecular weight is 515 g/mol. The zero-order chi connectivity index (χ0) is 27.3. The molecule has 0 saturated carbocycles. The Morgan fingerprint density at radius 3 is 0.725 bits per heavy atom. The normalized spacial score (nSPS) is 10.7. The second-order valence-electron chi connectivity index (χ2n) is 9.58. The number of benzene rings is 6. The van der Waals surface area contributed by atoms with Gasteiger partial charge in [-0.15, -0.1) is 0 Å². The number of carbonyl (C=O) groups is 2. The minimum Gasteiger partial charge on any atom is -0.285 e. The second-order valence-corrected chi connectivity index (χ2v) is 9.58. The van der Waals surface area contributed by atoms with Crippen LogP contribution in [0.2, 0.25) is 0 Å². The monoisotopic (exact) mass is 514 g/mol. The summed E-state index contributed by atoms with van der Waals surface area (Å²) in [6, 6.07) is 50.7. The van der Waals surface area contributed by atoms with Crippen LogP contribution in [-0.2, 0) is 0 Å². The van der Waals surface area contributed by atoms with Crippen molar-refractivity contribution in [3.63, 3.8) is 0 Å². The molecular formula is C38H26O2. The van der Waals surface area contributed by atoms with Crippen LogP contribution in [0, 0.1) is 0 Å². The quantitative estimate of drug-likeness (QED) is 0.157. The Morgan fingerprint density at radius 1 is 0.275 bits per heavy atom. The third-order valence-corrected chi connectivity index (χ3v) is 7.13. The molecule has 0 bridgehead atoms. The van der Waals surface area contributed by atoms with Crippen LogP contribution in [0.4, 0.5) is 0 Å². The summed E-state index contributed by atoms with van der Waals surface area (Å²) in [5.74, 6) is -1.06. The maximum atomic E-state index is 14.6. The van der Waals surface area contributed by atoms with Crippen molar-refractivity contribution in [1.82, 2.24) is 0 Å². The van der Waals surface area contributed by atoms with E-state index in [4.69, 9.17) is 0 Å². The molecule has 0 amide bonds. The third-order valence-electron chi connectivity index (χ3n) is 7.13. The Kier molecular flexibility index (Phi) is 6.98. The van der Waals surface area contributed by atoms with Gasteiger partial charge in [-0.3, -0.25) is 9.59 Å². The second kappa shape index (κ2) is 11.2. The van der Waals surface area contributed by atoms with Crippen molar-refractivity contribution < 1.29 is 9.59 Å². The van der Waals surface area contributed by atoms with Gasteiger partial charge in [-0.05, 0) is 44.5 Å². The van der Waals surface area contributed by atoms with Crippen molar-refractivity contribution in [2.75, 3.05) is 0 Å². The van der Waals surface area contributed by atoms with Crippen molar-refractivity contribution in [1.29, 1.82) is 0 Å². The molecule has 40 heavy (non-hydrogen) atoms. The van der Waals surface area contributed by atoms with Gasteiger partial charge in [0.05, 0.1) is 0 Å². The van der Waals surface area contributed by atoms with E-state index in [1.165, 1.54) is 0 Å². The molecule has 0 spiro atoms. The first-order valence-electron chi connectivity index (χ1n) is 13.3. The highest BCUT2D eigenvalue weighted by molar-refractivity contribution is 6.52. The molecule has 0 saturated heterocycles. The molecule has 190 valence electrons. The molecule has 6 aromatic rings. The van der Waals surface area contributed by atoms with Crippen LogP contribution in [0.15, 0.2) is 158 Å². The van der Waals surface area contributed by atoms with Gasteiger partial charge in [-0.2, -0.15) is 0 Å². The van der Waals surface area contributed by atoms with Gasteiger partial charge >= 0.3 is 0 Å². The Morgan fingerprint density at radius 2 is 0.500 bits per heavy atom. The smallest absolute Gasteiger partial charge is 0.234 e. The molecule has 2 heteroatoms. The number of rotatable bonds is 7. The topological polar surface area (TPSA) is 34.1 Å². The first kappa shape index (κ1) is 25.0. The van der Waals surface area contributed by atoms with Crippen LogP contribution in [0.3, 0.4) is 0 Å². The van der Waals surface area contributed by atoms with Crippen molar-refractivity contribution >= 4 is 11.6 Å². The molecule has 6 rings (SSSR count). The SMILES string of the molecule is O=C(C(=O)c1c(-c2ccccc2)cccc1-c1ccccc1)c1c(-c2ccccc2)cccc1-c1ccccc1. The van der Waals surface area contributed by atoms with Crippen LogP contribution in [-0.4, -0.2) is 11.6 Å². The highest BCUT2D eigenvalue weighted by Crippen LogP contribution is 2.37. The summed E-state index contributed by atoms with van der Waals surface area (Å²) in [4.78, 5) is 29.1. The van der Waals surface area contributed by atoms with Crippen molar-refractivity contribution in [2.45, 2.75) is 0 Å². The van der Waals surface area contributed by atoms with Gasteiger partial charge in [-0.25, -0.2) is 0 Å². The van der Waals surface area contributed by atoms with Crippen LogP contribution < -0.4 is 0 Å². The molecule has 0 aliphatic carbocycles. The molecule has 0 radical (unpaired) electrons. The van der Waals surface area contributed by atoms with E-state index in [2.05, 4.69) is 0 Å². The minimum atomic E-state index is -0.529. The number of Topliss-reactive ketones (excluding diaryl/α,β-unsaturated/α-hetero) is 2. The molecule has 0 N–H and O–H groups in total. The Balaban J connectivity index is 1.60. The van der Waals surface area contributed by atoms with E-state index in [-0.39, 0.29) is 0 Å². The predicted octanol–water partition coefficient (Wildman–Crippen LogP) is 9.42. The van der Waals surface area contributed by atoms with Crippen LogP contribution in [0.5, 0.6) is 0 Å². The molecule has 0 unspecified atom stereocenters. The molecular weight excluding hydrogens is 488 g/mol. The Bertz CT molecular complexity index is 1540. The molecule has 0 aromatic heterocycles. The summed E-state index contributed by atoms with van der Waals surface area (Å²) in [7, 11) is 0. The van der Waals surface area contributed by atoms with E-state index < -0.39 is 11.6 Å². The van der Waals surface area contributed by atoms with Crippen LogP contribution >= 0.6 is 0 Å². The van der Waals surface area contributed by atoms with E-state index >= 15 is 0 Å². The fourth-order valence-corrected chi connectivity index (χ4v) is 5.25. The van der Waals surface area contributed by atoms with Crippen LogP contribution in [0.1, 0.15) is 20.7 Å². The summed E-state index contributed by atoms with van der Waals surface area (Å²) in [6.45, 7) is 0. The molecule has 0 atom stereocenters. The van der Waals surface area contributed by atoms with Crippen molar-refractivity contribution in [3.05, 3.63) is 169 Å². The number of ketones is 2. The number of hydrogen-bond acceptors (Lipinski definition) is 2. The fraction of sp³-hybridized carbons (Fsp3) is 0. The molecule has 0 fully saturated rings. The summed E-state index contributed by atoms with van der Waals surface area (Å²) in [6.07, 6.45) is 0. The van der Waals surface area contributed by atoms with E-state index in [0.29, 0.717) is 11.1 Å². The molecule has 0 heterocycles. The summed E-state index contributed by atoms with van der Waals surface area (Å²) < 4.78 is 0. The minimum absolute atomic E-state index is 0.409. The first-order chi connectivity index (χ1) is 19.7. The molecule has 6 aromatic carbocycles. The predicted molar refractivity (Wildman–Crippen MR) is 163 cm³/mol. The van der Waals surface area contributed by atoms with E-state index in [1.807, 2.05) is 158 Å². The van der Waals surface area contributed by atoms with Gasteiger partial charge in [0.25, 0.3) is 0 Å².